The topological polar surface area (TPSA) is 66.0 Å². The number of benzene rings is 1. The Kier molecular flexibility index (Phi) is 2.66. The fraction of sp³-hybridized carbons (Fsp3) is 0.0909. The minimum atomic E-state index is -1.03. The van der Waals surface area contributed by atoms with Crippen LogP contribution in [0.5, 0.6) is 0 Å². The number of aryl methyl sites for hydroxylation is 1. The van der Waals surface area contributed by atoms with Crippen molar-refractivity contribution >= 4 is 17.6 Å². The van der Waals surface area contributed by atoms with Gasteiger partial charge in [0.05, 0.1) is 6.20 Å². The van der Waals surface area contributed by atoms with Crippen LogP contribution < -0.4 is 0 Å². The molecule has 2 rings (SSSR count). The first-order valence-electron chi connectivity index (χ1n) is 4.63. The Labute approximate surface area is 96.9 Å². The van der Waals surface area contributed by atoms with Crippen LogP contribution >= 0.6 is 11.6 Å². The van der Waals surface area contributed by atoms with Crippen LogP contribution in [-0.2, 0) is 0 Å². The minimum Gasteiger partial charge on any atom is -0.477 e. The number of halogens is 1. The maximum absolute atomic E-state index is 10.7. The Morgan fingerprint density at radius 2 is 2.25 bits per heavy atom. The van der Waals surface area contributed by atoms with Crippen LogP contribution in [0.4, 0.5) is 0 Å². The molecule has 1 aromatic heterocycles. The van der Waals surface area contributed by atoms with Gasteiger partial charge in [-0.3, -0.25) is 0 Å². The van der Waals surface area contributed by atoms with E-state index in [1.54, 1.807) is 6.07 Å². The standard InChI is InChI=1S/C11H9ClN2O2/c1-6-2-3-7(4-8(6)12)10-13-5-9(14-10)11(15)16/h2-5H,1H3,(H,13,14)(H,15,16). The van der Waals surface area contributed by atoms with Gasteiger partial charge in [-0.1, -0.05) is 23.7 Å². The van der Waals surface area contributed by atoms with Gasteiger partial charge in [-0.05, 0) is 18.6 Å². The predicted molar refractivity (Wildman–Crippen MR) is 60.7 cm³/mol. The number of aromatic nitrogens is 2. The highest BCUT2D eigenvalue weighted by Gasteiger charge is 2.09. The van der Waals surface area contributed by atoms with Crippen LogP contribution in [0, 0.1) is 6.92 Å². The van der Waals surface area contributed by atoms with Crippen LogP contribution in [-0.4, -0.2) is 21.0 Å². The molecule has 0 atom stereocenters. The Morgan fingerprint density at radius 1 is 1.50 bits per heavy atom. The van der Waals surface area contributed by atoms with E-state index in [0.29, 0.717) is 10.8 Å². The van der Waals surface area contributed by atoms with Crippen molar-refractivity contribution in [2.75, 3.05) is 0 Å². The number of rotatable bonds is 2. The van der Waals surface area contributed by atoms with E-state index in [-0.39, 0.29) is 5.69 Å². The van der Waals surface area contributed by atoms with Crippen molar-refractivity contribution in [2.24, 2.45) is 0 Å². The zero-order valence-corrected chi connectivity index (χ0v) is 9.25. The number of imidazole rings is 1. The number of hydrogen-bond donors (Lipinski definition) is 2. The quantitative estimate of drug-likeness (QED) is 0.843. The van der Waals surface area contributed by atoms with Crippen LogP contribution in [0.2, 0.25) is 5.02 Å². The molecule has 16 heavy (non-hydrogen) atoms. The largest absolute Gasteiger partial charge is 0.477 e. The summed E-state index contributed by atoms with van der Waals surface area (Å²) >= 11 is 5.98. The molecule has 0 saturated heterocycles. The van der Waals surface area contributed by atoms with Gasteiger partial charge in [-0.25, -0.2) is 9.78 Å². The smallest absolute Gasteiger partial charge is 0.353 e. The molecule has 5 heteroatoms. The molecule has 4 nitrogen and oxygen atoms in total. The molecule has 1 aromatic carbocycles. The van der Waals surface area contributed by atoms with E-state index in [4.69, 9.17) is 16.7 Å². The zero-order valence-electron chi connectivity index (χ0n) is 8.49. The molecular formula is C11H9ClN2O2. The summed E-state index contributed by atoms with van der Waals surface area (Å²) < 4.78 is 0. The molecule has 1 heterocycles. The van der Waals surface area contributed by atoms with Crippen LogP contribution in [0.15, 0.2) is 24.4 Å². The summed E-state index contributed by atoms with van der Waals surface area (Å²) in [5, 5.41) is 9.38. The van der Waals surface area contributed by atoms with E-state index >= 15 is 0 Å². The van der Waals surface area contributed by atoms with Gasteiger partial charge in [0.25, 0.3) is 0 Å². The van der Waals surface area contributed by atoms with Gasteiger partial charge in [0.1, 0.15) is 11.5 Å². The first-order valence-corrected chi connectivity index (χ1v) is 5.00. The Morgan fingerprint density at radius 3 is 2.81 bits per heavy atom. The number of aromatic amines is 1. The lowest BCUT2D eigenvalue weighted by Gasteiger charge is -2.00. The lowest BCUT2D eigenvalue weighted by Crippen LogP contribution is -1.95. The van der Waals surface area contributed by atoms with Gasteiger partial charge < -0.3 is 10.1 Å². The molecule has 2 N–H and O–H groups in total. The average Bonchev–Trinajstić information content (AvgIpc) is 2.71. The fourth-order valence-corrected chi connectivity index (χ4v) is 1.50. The monoisotopic (exact) mass is 236 g/mol. The fourth-order valence-electron chi connectivity index (χ4n) is 1.32. The maximum atomic E-state index is 10.7. The second-order valence-corrected chi connectivity index (χ2v) is 3.82. The lowest BCUT2D eigenvalue weighted by molar-refractivity contribution is 0.0691. The van der Waals surface area contributed by atoms with Crippen molar-refractivity contribution in [3.63, 3.8) is 0 Å². The molecule has 2 aromatic rings. The third kappa shape index (κ3) is 1.92. The molecular weight excluding hydrogens is 228 g/mol. The molecule has 82 valence electrons. The molecule has 0 amide bonds. The van der Waals surface area contributed by atoms with E-state index in [2.05, 4.69) is 9.97 Å². The molecule has 0 saturated carbocycles. The molecule has 0 bridgehead atoms. The molecule has 0 aliphatic carbocycles. The van der Waals surface area contributed by atoms with Gasteiger partial charge in [0.2, 0.25) is 0 Å². The summed E-state index contributed by atoms with van der Waals surface area (Å²) in [6.07, 6.45) is 1.28. The molecule has 0 aliphatic rings. The zero-order chi connectivity index (χ0) is 11.7. The number of aromatic carboxylic acids is 1. The average molecular weight is 237 g/mol. The van der Waals surface area contributed by atoms with Gasteiger partial charge in [-0.15, -0.1) is 0 Å². The molecule has 0 spiro atoms. The molecule has 0 fully saturated rings. The van der Waals surface area contributed by atoms with E-state index in [1.165, 1.54) is 6.20 Å². The van der Waals surface area contributed by atoms with Crippen molar-refractivity contribution in [3.8, 4) is 11.4 Å². The van der Waals surface area contributed by atoms with Crippen molar-refractivity contribution in [1.29, 1.82) is 0 Å². The van der Waals surface area contributed by atoms with Crippen molar-refractivity contribution in [1.82, 2.24) is 9.97 Å². The SMILES string of the molecule is Cc1ccc(-c2ncc(C(=O)O)[nH]2)cc1Cl. The Hall–Kier alpha value is -1.81. The summed E-state index contributed by atoms with van der Waals surface area (Å²) in [6.45, 7) is 1.90. The normalized spacial score (nSPS) is 10.4. The maximum Gasteiger partial charge on any atom is 0.353 e. The van der Waals surface area contributed by atoms with Crippen LogP contribution in [0.3, 0.4) is 0 Å². The number of nitrogens with zero attached hydrogens (tertiary/aromatic N) is 1. The third-order valence-electron chi connectivity index (χ3n) is 2.25. The number of H-pyrrole nitrogens is 1. The lowest BCUT2D eigenvalue weighted by atomic mass is 10.1. The first kappa shape index (κ1) is 10.7. The first-order chi connectivity index (χ1) is 7.58. The molecule has 0 radical (unpaired) electrons. The van der Waals surface area contributed by atoms with E-state index in [0.717, 1.165) is 11.1 Å². The highest BCUT2D eigenvalue weighted by Crippen LogP contribution is 2.23. The van der Waals surface area contributed by atoms with Crippen LogP contribution in [0.1, 0.15) is 16.1 Å². The van der Waals surface area contributed by atoms with Crippen molar-refractivity contribution < 1.29 is 9.90 Å². The summed E-state index contributed by atoms with van der Waals surface area (Å²) in [4.78, 5) is 17.4. The highest BCUT2D eigenvalue weighted by atomic mass is 35.5. The van der Waals surface area contributed by atoms with E-state index in [9.17, 15) is 4.79 Å². The predicted octanol–water partition coefficient (Wildman–Crippen LogP) is 2.74. The number of carbonyl (C=O) groups is 1. The van der Waals surface area contributed by atoms with Gasteiger partial charge in [-0.2, -0.15) is 0 Å². The van der Waals surface area contributed by atoms with Gasteiger partial charge >= 0.3 is 5.97 Å². The van der Waals surface area contributed by atoms with Gasteiger partial charge in [0, 0.05) is 10.6 Å². The minimum absolute atomic E-state index is 0.0618. The van der Waals surface area contributed by atoms with Crippen molar-refractivity contribution in [2.45, 2.75) is 6.92 Å². The summed E-state index contributed by atoms with van der Waals surface area (Å²) in [6, 6.07) is 5.45. The van der Waals surface area contributed by atoms with E-state index < -0.39 is 5.97 Å². The van der Waals surface area contributed by atoms with Gasteiger partial charge in [0.15, 0.2) is 0 Å². The number of carboxylic acids is 1. The number of nitrogens with one attached hydrogen (secondary N) is 1. The molecule has 0 aliphatic heterocycles. The highest BCUT2D eigenvalue weighted by molar-refractivity contribution is 6.31. The number of carboxylic acid groups (broad SMARTS) is 1. The Balaban J connectivity index is 2.42. The third-order valence-corrected chi connectivity index (χ3v) is 2.66. The molecule has 0 unspecified atom stereocenters. The van der Waals surface area contributed by atoms with Crippen molar-refractivity contribution in [3.05, 3.63) is 40.7 Å². The summed E-state index contributed by atoms with van der Waals surface area (Å²) in [5.41, 5.74) is 1.80. The summed E-state index contributed by atoms with van der Waals surface area (Å²) in [5.74, 6) is -0.531. The van der Waals surface area contributed by atoms with Crippen LogP contribution in [0.25, 0.3) is 11.4 Å². The second-order valence-electron chi connectivity index (χ2n) is 3.41. The Bertz CT molecular complexity index is 549. The summed E-state index contributed by atoms with van der Waals surface area (Å²) in [7, 11) is 0. The number of hydrogen-bond acceptors (Lipinski definition) is 2. The van der Waals surface area contributed by atoms with E-state index in [1.807, 2.05) is 19.1 Å². The second kappa shape index (κ2) is 3.98.